The lowest BCUT2D eigenvalue weighted by Gasteiger charge is -2.15. The Balaban J connectivity index is 1.41. The highest BCUT2D eigenvalue weighted by molar-refractivity contribution is 5.24. The molecule has 0 radical (unpaired) electrons. The van der Waals surface area contributed by atoms with Gasteiger partial charge in [0.2, 0.25) is 0 Å². The van der Waals surface area contributed by atoms with E-state index in [4.69, 9.17) is 0 Å². The van der Waals surface area contributed by atoms with Crippen LogP contribution in [0.3, 0.4) is 0 Å². The van der Waals surface area contributed by atoms with Gasteiger partial charge in [-0.05, 0) is 56.0 Å². The highest BCUT2D eigenvalue weighted by Crippen LogP contribution is 2.31. The van der Waals surface area contributed by atoms with Crippen molar-refractivity contribution in [2.75, 3.05) is 19.6 Å². The molecule has 1 saturated heterocycles. The molecule has 1 aliphatic carbocycles. The molecule has 116 valence electrons. The van der Waals surface area contributed by atoms with E-state index in [0.717, 1.165) is 30.3 Å². The third-order valence-electron chi connectivity index (χ3n) is 4.42. The highest BCUT2D eigenvalue weighted by Gasteiger charge is 2.34. The molecular weight excluding hydrogens is 277 g/mol. The summed E-state index contributed by atoms with van der Waals surface area (Å²) in [5.74, 6) is 0.681. The van der Waals surface area contributed by atoms with Gasteiger partial charge >= 0.3 is 6.18 Å². The van der Waals surface area contributed by atoms with Gasteiger partial charge in [0.1, 0.15) is 0 Å². The van der Waals surface area contributed by atoms with E-state index in [2.05, 4.69) is 10.2 Å². The van der Waals surface area contributed by atoms with Crippen molar-refractivity contribution < 1.29 is 13.2 Å². The summed E-state index contributed by atoms with van der Waals surface area (Å²) in [7, 11) is 0. The lowest BCUT2D eigenvalue weighted by molar-refractivity contribution is -0.137. The maximum absolute atomic E-state index is 12.5. The number of benzene rings is 1. The van der Waals surface area contributed by atoms with Gasteiger partial charge in [0, 0.05) is 19.1 Å². The number of halogens is 3. The van der Waals surface area contributed by atoms with Crippen LogP contribution in [0.1, 0.15) is 30.4 Å². The van der Waals surface area contributed by atoms with Gasteiger partial charge < -0.3 is 10.2 Å². The fourth-order valence-electron chi connectivity index (χ4n) is 3.03. The van der Waals surface area contributed by atoms with Crippen molar-refractivity contribution in [1.29, 1.82) is 0 Å². The molecule has 1 aromatic rings. The summed E-state index contributed by atoms with van der Waals surface area (Å²) in [5, 5.41) is 3.37. The molecule has 0 amide bonds. The topological polar surface area (TPSA) is 15.3 Å². The van der Waals surface area contributed by atoms with Gasteiger partial charge in [-0.3, -0.25) is 0 Å². The Morgan fingerprint density at radius 3 is 2.43 bits per heavy atom. The average Bonchev–Trinajstić information content (AvgIpc) is 3.19. The molecule has 1 aliphatic heterocycles. The molecular formula is C16H21F3N2. The average molecular weight is 298 g/mol. The second-order valence-electron chi connectivity index (χ2n) is 6.21. The van der Waals surface area contributed by atoms with Crippen molar-refractivity contribution in [3.63, 3.8) is 0 Å². The fourth-order valence-corrected chi connectivity index (χ4v) is 3.03. The molecule has 1 saturated carbocycles. The Bertz CT molecular complexity index is 465. The zero-order valence-electron chi connectivity index (χ0n) is 12.0. The van der Waals surface area contributed by atoms with Gasteiger partial charge in [-0.1, -0.05) is 12.1 Å². The Morgan fingerprint density at radius 2 is 1.81 bits per heavy atom. The van der Waals surface area contributed by atoms with Crippen LogP contribution in [0.25, 0.3) is 0 Å². The van der Waals surface area contributed by atoms with Gasteiger partial charge in [-0.25, -0.2) is 0 Å². The van der Waals surface area contributed by atoms with E-state index in [-0.39, 0.29) is 0 Å². The van der Waals surface area contributed by atoms with Crippen LogP contribution in [0.4, 0.5) is 13.2 Å². The Hall–Kier alpha value is -1.07. The van der Waals surface area contributed by atoms with Crippen molar-refractivity contribution in [3.05, 3.63) is 35.4 Å². The maximum atomic E-state index is 12.5. The third-order valence-corrected chi connectivity index (χ3v) is 4.42. The van der Waals surface area contributed by atoms with E-state index in [1.807, 2.05) is 0 Å². The summed E-state index contributed by atoms with van der Waals surface area (Å²) in [5.41, 5.74) is 0.321. The van der Waals surface area contributed by atoms with Gasteiger partial charge in [0.05, 0.1) is 5.56 Å². The lowest BCUT2D eigenvalue weighted by atomic mass is 10.1. The largest absolute Gasteiger partial charge is 0.416 e. The molecule has 0 spiro atoms. The molecule has 1 atom stereocenters. The SMILES string of the molecule is FC(F)(F)c1ccc(CNCC2CCN(C3CC3)C2)cc1. The molecule has 2 fully saturated rings. The van der Waals surface area contributed by atoms with Gasteiger partial charge in [-0.15, -0.1) is 0 Å². The Labute approximate surface area is 123 Å². The number of alkyl halides is 3. The third kappa shape index (κ3) is 3.98. The minimum absolute atomic E-state index is 0.581. The van der Waals surface area contributed by atoms with Crippen molar-refractivity contribution in [3.8, 4) is 0 Å². The minimum atomic E-state index is -4.25. The molecule has 1 unspecified atom stereocenters. The zero-order chi connectivity index (χ0) is 14.9. The van der Waals surface area contributed by atoms with Gasteiger partial charge in [-0.2, -0.15) is 13.2 Å². The van der Waals surface area contributed by atoms with E-state index in [1.165, 1.54) is 32.4 Å². The fraction of sp³-hybridized carbons (Fsp3) is 0.625. The zero-order valence-corrected chi connectivity index (χ0v) is 12.0. The summed E-state index contributed by atoms with van der Waals surface area (Å²) in [6, 6.07) is 6.26. The number of hydrogen-bond acceptors (Lipinski definition) is 2. The molecule has 3 rings (SSSR count). The first-order chi connectivity index (χ1) is 10.0. The van der Waals surface area contributed by atoms with E-state index in [1.54, 1.807) is 12.1 Å². The first-order valence-electron chi connectivity index (χ1n) is 7.63. The van der Waals surface area contributed by atoms with Crippen molar-refractivity contribution in [2.45, 2.75) is 38.0 Å². The van der Waals surface area contributed by atoms with Gasteiger partial charge in [0.15, 0.2) is 0 Å². The van der Waals surface area contributed by atoms with Crippen molar-refractivity contribution in [1.82, 2.24) is 10.2 Å². The predicted octanol–water partition coefficient (Wildman–Crippen LogP) is 3.28. The standard InChI is InChI=1S/C16H21F3N2/c17-16(18,19)14-3-1-12(2-4-14)9-20-10-13-7-8-21(11-13)15-5-6-15/h1-4,13,15,20H,5-11H2. The number of likely N-dealkylation sites (tertiary alicyclic amines) is 1. The minimum Gasteiger partial charge on any atom is -0.312 e. The summed E-state index contributed by atoms with van der Waals surface area (Å²) in [4.78, 5) is 2.57. The Morgan fingerprint density at radius 1 is 1.10 bits per heavy atom. The van der Waals surface area contributed by atoms with E-state index >= 15 is 0 Å². The van der Waals surface area contributed by atoms with Crippen LogP contribution in [0.15, 0.2) is 24.3 Å². The predicted molar refractivity (Wildman–Crippen MR) is 75.9 cm³/mol. The first kappa shape index (κ1) is 14.9. The van der Waals surface area contributed by atoms with E-state index in [0.29, 0.717) is 12.5 Å². The maximum Gasteiger partial charge on any atom is 0.416 e. The normalized spacial score (nSPS) is 23.7. The number of nitrogens with one attached hydrogen (secondary N) is 1. The second-order valence-corrected chi connectivity index (χ2v) is 6.21. The van der Waals surface area contributed by atoms with Crippen molar-refractivity contribution in [2.24, 2.45) is 5.92 Å². The summed E-state index contributed by atoms with van der Waals surface area (Å²) < 4.78 is 37.4. The smallest absolute Gasteiger partial charge is 0.312 e. The number of nitrogens with zero attached hydrogens (tertiary/aromatic N) is 1. The van der Waals surface area contributed by atoms with E-state index < -0.39 is 11.7 Å². The van der Waals surface area contributed by atoms with Crippen LogP contribution in [-0.2, 0) is 12.7 Å². The van der Waals surface area contributed by atoms with Crippen molar-refractivity contribution >= 4 is 0 Å². The quantitative estimate of drug-likeness (QED) is 0.897. The molecule has 0 bridgehead atoms. The lowest BCUT2D eigenvalue weighted by Crippen LogP contribution is -2.27. The highest BCUT2D eigenvalue weighted by atomic mass is 19.4. The van der Waals surface area contributed by atoms with Gasteiger partial charge in [0.25, 0.3) is 0 Å². The molecule has 0 aromatic heterocycles. The number of hydrogen-bond donors (Lipinski definition) is 1. The Kier molecular flexibility index (Phi) is 4.22. The molecule has 2 nitrogen and oxygen atoms in total. The van der Waals surface area contributed by atoms with Crippen LogP contribution in [0, 0.1) is 5.92 Å². The first-order valence-corrected chi connectivity index (χ1v) is 7.63. The van der Waals surface area contributed by atoms with Crippen LogP contribution in [0.2, 0.25) is 0 Å². The molecule has 1 heterocycles. The molecule has 2 aliphatic rings. The summed E-state index contributed by atoms with van der Waals surface area (Å²) in [6.07, 6.45) is -0.310. The molecule has 21 heavy (non-hydrogen) atoms. The van der Waals surface area contributed by atoms with Crippen LogP contribution in [-0.4, -0.2) is 30.6 Å². The van der Waals surface area contributed by atoms with Crippen LogP contribution >= 0.6 is 0 Å². The molecule has 1 aromatic carbocycles. The number of rotatable bonds is 5. The second kappa shape index (κ2) is 5.97. The molecule has 5 heteroatoms. The summed E-state index contributed by atoms with van der Waals surface area (Å²) >= 11 is 0. The molecule has 1 N–H and O–H groups in total. The summed E-state index contributed by atoms with van der Waals surface area (Å²) in [6.45, 7) is 3.96. The van der Waals surface area contributed by atoms with Crippen LogP contribution in [0.5, 0.6) is 0 Å². The van der Waals surface area contributed by atoms with E-state index in [9.17, 15) is 13.2 Å². The van der Waals surface area contributed by atoms with Crippen LogP contribution < -0.4 is 5.32 Å². The monoisotopic (exact) mass is 298 g/mol.